The number of aromatic nitrogens is 11. The second-order valence-electron chi connectivity index (χ2n) is 23.9. The standard InChI is InChI=1S/C37H30F2N8O7S.C33H26F2N8O7S.CH4/c1-45-32-6-3-2-5-26(32)34(49)47(37(45)52)24-10-9-23(40-20-24)15-31(35(50)51)43-33(48)27-16-29(39)30(17-28(27)38)44-55(53,54)25-11-7-21(8-12-25)22-18-41-36(42-19-22)46-13-4-14-46;1-18-17-42(40-38-18)20-9-11-22(12-10-20)51(49,50)39-27-15-25(34)24(14-26(27)35)30(44)37-28(32(46)47)13-19-7-8-21(16-36-19)43-31(45)23-5-3-4-6-29(23)41(2)33(43)48;/h2-3,5-12,16-20,31,44H,4,13-15H2,1H3,(H,43,48)(H,50,51);3-12,14-17,28,39H,13H2,1-2H3,(H,37,44)(H,46,47);1H4/t31-;28-;/m00./s1. The van der Waals surface area contributed by atoms with Gasteiger partial charge in [0.1, 0.15) is 35.4 Å². The van der Waals surface area contributed by atoms with E-state index in [1.807, 2.05) is 14.3 Å². The quantitative estimate of drug-likeness (QED) is 0.0425. The molecule has 2 atom stereocenters. The number of carboxylic acid groups (broad SMARTS) is 2. The molecular weight excluding hydrogens is 1440 g/mol. The fraction of sp³-hybridized carbons (Fsp3) is 0.155. The van der Waals surface area contributed by atoms with Gasteiger partial charge in [-0.05, 0) is 116 Å². The molecule has 7 heterocycles. The summed E-state index contributed by atoms with van der Waals surface area (Å²) >= 11 is 0. The predicted octanol–water partition coefficient (Wildman–Crippen LogP) is 6.37. The van der Waals surface area contributed by atoms with Crippen LogP contribution in [-0.4, -0.2) is 129 Å². The van der Waals surface area contributed by atoms with E-state index in [-0.39, 0.29) is 50.8 Å². The first kappa shape index (κ1) is 74.8. The molecule has 0 saturated carbocycles. The Kier molecular flexibility index (Phi) is 21.3. The first-order valence-electron chi connectivity index (χ1n) is 31.6. The Bertz CT molecular complexity index is 6000. The van der Waals surface area contributed by atoms with Crippen molar-refractivity contribution >= 4 is 82.9 Å². The van der Waals surface area contributed by atoms with Crippen LogP contribution in [0, 0.1) is 30.2 Å². The molecule has 0 unspecified atom stereocenters. The first-order chi connectivity index (χ1) is 50.5. The highest BCUT2D eigenvalue weighted by atomic mass is 32.2. The lowest BCUT2D eigenvalue weighted by Crippen LogP contribution is -2.42. The summed E-state index contributed by atoms with van der Waals surface area (Å²) in [4.78, 5) is 121. The number of anilines is 3. The van der Waals surface area contributed by atoms with Crippen LogP contribution in [0.25, 0.3) is 50.0 Å². The monoisotopic (exact) mass is 1500 g/mol. The summed E-state index contributed by atoms with van der Waals surface area (Å²) in [5.41, 5.74) is -2.04. The topological polar surface area (TPSA) is 399 Å². The highest BCUT2D eigenvalue weighted by molar-refractivity contribution is 7.93. The van der Waals surface area contributed by atoms with Crippen LogP contribution < -0.4 is 47.5 Å². The minimum Gasteiger partial charge on any atom is -0.480 e. The summed E-state index contributed by atoms with van der Waals surface area (Å²) < 4.78 is 122. The Morgan fingerprint density at radius 2 is 0.944 bits per heavy atom. The van der Waals surface area contributed by atoms with E-state index in [1.165, 1.54) is 113 Å². The zero-order chi connectivity index (χ0) is 75.6. The fourth-order valence-corrected chi connectivity index (χ4v) is 13.2. The normalized spacial score (nSPS) is 12.6. The molecule has 548 valence electrons. The largest absolute Gasteiger partial charge is 0.480 e. The SMILES string of the molecule is C.Cc1cn(-c2ccc(S(=O)(=O)Nc3cc(F)c(C(=O)N[C@@H](Cc4ccc(-n5c(=O)c6ccccc6n(C)c5=O)cn4)C(=O)O)cc3F)cc2)nn1.Cn1c(=O)n(-c2ccc(C[C@H](NC(=O)c3cc(F)c(NS(=O)(=O)c4ccc(-c5cnc(N6CCC6)nc5)cc4)cc3F)C(=O)O)nc2)c(=O)c2ccccc21. The Labute approximate surface area is 602 Å². The van der Waals surface area contributed by atoms with Gasteiger partial charge >= 0.3 is 23.3 Å². The smallest absolute Gasteiger partial charge is 0.335 e. The van der Waals surface area contributed by atoms with Crippen LogP contribution in [0.1, 0.15) is 51.6 Å². The van der Waals surface area contributed by atoms with Gasteiger partial charge in [-0.2, -0.15) is 0 Å². The number of para-hydroxylation sites is 2. The Morgan fingerprint density at radius 3 is 1.33 bits per heavy atom. The lowest BCUT2D eigenvalue weighted by molar-refractivity contribution is -0.140. The van der Waals surface area contributed by atoms with E-state index in [2.05, 4.69) is 40.9 Å². The van der Waals surface area contributed by atoms with Gasteiger partial charge in [-0.25, -0.2) is 77.4 Å². The van der Waals surface area contributed by atoms with Gasteiger partial charge in [-0.15, -0.1) is 5.10 Å². The molecule has 12 aromatic rings. The fourth-order valence-electron chi connectivity index (χ4n) is 11.1. The number of carboxylic acids is 2. The molecule has 1 fully saturated rings. The third-order valence-electron chi connectivity index (χ3n) is 16.9. The third kappa shape index (κ3) is 15.8. The number of pyridine rings is 2. The molecule has 36 heteroatoms. The highest BCUT2D eigenvalue weighted by Crippen LogP contribution is 2.28. The first-order valence-corrected chi connectivity index (χ1v) is 34.6. The maximum atomic E-state index is 15.2. The molecule has 6 N–H and O–H groups in total. The van der Waals surface area contributed by atoms with Gasteiger partial charge in [0.2, 0.25) is 5.95 Å². The van der Waals surface area contributed by atoms with E-state index in [9.17, 15) is 65.4 Å². The number of carbonyl (C=O) groups excluding carboxylic acids is 2. The van der Waals surface area contributed by atoms with Crippen molar-refractivity contribution in [2.75, 3.05) is 27.4 Å². The molecule has 1 aliphatic rings. The van der Waals surface area contributed by atoms with Crippen molar-refractivity contribution in [1.29, 1.82) is 0 Å². The molecular formula is C71H60F4N16O14S2. The Morgan fingerprint density at radius 1 is 0.523 bits per heavy atom. The van der Waals surface area contributed by atoms with Crippen molar-refractivity contribution in [2.24, 2.45) is 14.1 Å². The van der Waals surface area contributed by atoms with Crippen molar-refractivity contribution in [2.45, 2.75) is 55.5 Å². The number of nitrogens with zero attached hydrogens (tertiary/aromatic N) is 12. The van der Waals surface area contributed by atoms with Crippen molar-refractivity contribution in [1.82, 2.24) is 63.8 Å². The van der Waals surface area contributed by atoms with E-state index in [1.54, 1.807) is 74.0 Å². The molecule has 107 heavy (non-hydrogen) atoms. The maximum Gasteiger partial charge on any atom is 0.335 e. The van der Waals surface area contributed by atoms with E-state index < -0.39 is 137 Å². The van der Waals surface area contributed by atoms with Crippen molar-refractivity contribution < 1.29 is 63.8 Å². The van der Waals surface area contributed by atoms with Gasteiger partial charge in [0.05, 0.1) is 95.4 Å². The summed E-state index contributed by atoms with van der Waals surface area (Å²) in [6.45, 7) is 3.48. The Balaban J connectivity index is 0.000000212. The molecule has 6 aromatic carbocycles. The van der Waals surface area contributed by atoms with Gasteiger partial charge < -0.3 is 25.7 Å². The third-order valence-corrected chi connectivity index (χ3v) is 19.7. The lowest BCUT2D eigenvalue weighted by Gasteiger charge is -2.30. The molecule has 1 saturated heterocycles. The summed E-state index contributed by atoms with van der Waals surface area (Å²) in [6.07, 6.45) is 7.48. The van der Waals surface area contributed by atoms with E-state index in [0.717, 1.165) is 28.6 Å². The number of fused-ring (bicyclic) bond motifs is 2. The number of aliphatic carboxylic acids is 2. The second-order valence-corrected chi connectivity index (χ2v) is 27.3. The number of carbonyl (C=O) groups is 4. The molecule has 2 amide bonds. The van der Waals surface area contributed by atoms with Crippen LogP contribution in [0.15, 0.2) is 206 Å². The van der Waals surface area contributed by atoms with Crippen molar-refractivity contribution in [3.8, 4) is 28.2 Å². The molecule has 0 bridgehead atoms. The minimum absolute atomic E-state index is 0. The molecule has 0 aliphatic carbocycles. The molecule has 30 nitrogen and oxygen atoms in total. The molecule has 13 rings (SSSR count). The average Bonchev–Trinajstić information content (AvgIpc) is 1.14. The number of rotatable bonds is 21. The van der Waals surface area contributed by atoms with Crippen LogP contribution in [0.2, 0.25) is 0 Å². The van der Waals surface area contributed by atoms with Crippen LogP contribution in [0.5, 0.6) is 0 Å². The van der Waals surface area contributed by atoms with Crippen LogP contribution in [0.3, 0.4) is 0 Å². The number of hydrogen-bond acceptors (Lipinski definition) is 19. The molecule has 6 aromatic heterocycles. The van der Waals surface area contributed by atoms with Gasteiger partial charge in [0.25, 0.3) is 43.0 Å². The Hall–Kier alpha value is -13.4. The van der Waals surface area contributed by atoms with Gasteiger partial charge in [0, 0.05) is 81.5 Å². The minimum atomic E-state index is -4.42. The van der Waals surface area contributed by atoms with Gasteiger partial charge in [-0.1, -0.05) is 49.0 Å². The summed E-state index contributed by atoms with van der Waals surface area (Å²) in [6, 6.07) is 27.9. The number of hydrogen-bond donors (Lipinski definition) is 6. The van der Waals surface area contributed by atoms with Crippen molar-refractivity contribution in [3.05, 3.63) is 270 Å². The van der Waals surface area contributed by atoms with E-state index in [0.29, 0.717) is 63.8 Å². The van der Waals surface area contributed by atoms with E-state index in [4.69, 9.17) is 0 Å². The van der Waals surface area contributed by atoms with Crippen LogP contribution in [0.4, 0.5) is 34.9 Å². The lowest BCUT2D eigenvalue weighted by atomic mass is 10.1. The summed E-state index contributed by atoms with van der Waals surface area (Å²) in [5.74, 6) is -10.3. The number of nitrogens with one attached hydrogen (secondary N) is 4. The number of benzene rings is 6. The summed E-state index contributed by atoms with van der Waals surface area (Å²) in [7, 11) is -5.81. The van der Waals surface area contributed by atoms with E-state index >= 15 is 17.6 Å². The number of sulfonamides is 2. The predicted molar refractivity (Wildman–Crippen MR) is 382 cm³/mol. The molecule has 1 aliphatic heterocycles. The number of aryl methyl sites for hydroxylation is 3. The maximum absolute atomic E-state index is 15.2. The highest BCUT2D eigenvalue weighted by Gasteiger charge is 2.29. The zero-order valence-electron chi connectivity index (χ0n) is 55.4. The molecule has 0 radical (unpaired) electrons. The van der Waals surface area contributed by atoms with Crippen LogP contribution >= 0.6 is 0 Å². The average molecular weight is 1500 g/mol. The van der Waals surface area contributed by atoms with Gasteiger partial charge in [0.15, 0.2) is 0 Å². The van der Waals surface area contributed by atoms with Gasteiger partial charge in [-0.3, -0.25) is 47.7 Å². The summed E-state index contributed by atoms with van der Waals surface area (Å²) in [5, 5.41) is 32.1. The number of amides is 2. The zero-order valence-corrected chi connectivity index (χ0v) is 57.1. The van der Waals surface area contributed by atoms with Crippen molar-refractivity contribution in [3.63, 3.8) is 0 Å². The second kappa shape index (κ2) is 30.5. The van der Waals surface area contributed by atoms with Crippen LogP contribution in [-0.2, 0) is 56.6 Å². The molecule has 0 spiro atoms. The number of halogens is 4.